The van der Waals surface area contributed by atoms with Gasteiger partial charge in [0.25, 0.3) is 0 Å². The van der Waals surface area contributed by atoms with E-state index in [1.54, 1.807) is 0 Å². The summed E-state index contributed by atoms with van der Waals surface area (Å²) in [4.78, 5) is 0. The number of hydrogen-bond donors (Lipinski definition) is 2. The first-order valence-electron chi connectivity index (χ1n) is 1.96. The van der Waals surface area contributed by atoms with E-state index in [1.165, 1.54) is 19.1 Å². The maximum Gasteiger partial charge on any atom is 0.316 e. The quantitative estimate of drug-likeness (QED) is 0.179. The van der Waals surface area contributed by atoms with Gasteiger partial charge in [-0.25, -0.2) is 0 Å². The van der Waals surface area contributed by atoms with E-state index in [-0.39, 0.29) is 24.0 Å². The molecule has 0 aliphatic rings. The third kappa shape index (κ3) is 6.03. The number of nitrogens with zero attached hydrogens (tertiary/aromatic N) is 1. The summed E-state index contributed by atoms with van der Waals surface area (Å²) >= 11 is 1.37. The second-order valence-electron chi connectivity index (χ2n) is 0.945. The fraction of sp³-hybridized carbons (Fsp3) is 0.667. The summed E-state index contributed by atoms with van der Waals surface area (Å²) in [6.45, 7) is 0. The number of nitrogens with one attached hydrogen (secondary N) is 1. The van der Waals surface area contributed by atoms with Crippen LogP contribution in [0.5, 0.6) is 0 Å². The summed E-state index contributed by atoms with van der Waals surface area (Å²) in [7, 11) is 1.49. The molecule has 3 N–H and O–H groups in total. The van der Waals surface area contributed by atoms with E-state index in [4.69, 9.17) is 5.84 Å². The molecule has 9 heavy (non-hydrogen) atoms. The third-order valence-electron chi connectivity index (χ3n) is 0.500. The highest BCUT2D eigenvalue weighted by Crippen LogP contribution is 1.82. The minimum absolute atomic E-state index is 0. The molecule has 0 aliphatic carbocycles. The Morgan fingerprint density at radius 3 is 2.44 bits per heavy atom. The van der Waals surface area contributed by atoms with Gasteiger partial charge in [0, 0.05) is 6.26 Å². The molecule has 0 amide bonds. The molecule has 0 aromatic rings. The van der Waals surface area contributed by atoms with Crippen molar-refractivity contribution in [2.45, 2.75) is 0 Å². The van der Waals surface area contributed by atoms with Gasteiger partial charge in [0.15, 0.2) is 0 Å². The topological polar surface area (TPSA) is 59.6 Å². The van der Waals surface area contributed by atoms with Crippen molar-refractivity contribution in [2.75, 3.05) is 13.4 Å². The van der Waals surface area contributed by atoms with Gasteiger partial charge in [0.2, 0.25) is 0 Å². The molecule has 0 fully saturated rings. The van der Waals surface area contributed by atoms with E-state index in [2.05, 4.69) is 14.6 Å². The first kappa shape index (κ1) is 11.9. The van der Waals surface area contributed by atoms with E-state index in [1.807, 2.05) is 6.26 Å². The molecule has 4 nitrogen and oxygen atoms in total. The molecular formula is C3H10IN3OS. The van der Waals surface area contributed by atoms with Crippen molar-refractivity contribution in [2.24, 2.45) is 10.9 Å². The van der Waals surface area contributed by atoms with Crippen LogP contribution in [0.1, 0.15) is 0 Å². The number of hydrazone groups is 1. The lowest BCUT2D eigenvalue weighted by molar-refractivity contribution is 0.390. The molecule has 0 bridgehead atoms. The van der Waals surface area contributed by atoms with Crippen molar-refractivity contribution in [3.05, 3.63) is 0 Å². The Morgan fingerprint density at radius 1 is 1.78 bits per heavy atom. The van der Waals surface area contributed by atoms with Crippen molar-refractivity contribution in [1.29, 1.82) is 0 Å². The van der Waals surface area contributed by atoms with Crippen molar-refractivity contribution in [3.63, 3.8) is 0 Å². The molecule has 0 spiro atoms. The Hall–Kier alpha value is 0.150. The van der Waals surface area contributed by atoms with Crippen LogP contribution < -0.4 is 10.6 Å². The van der Waals surface area contributed by atoms with Crippen LogP contribution in [0.4, 0.5) is 0 Å². The number of amidine groups is 1. The van der Waals surface area contributed by atoms with Gasteiger partial charge < -0.3 is 10.6 Å². The summed E-state index contributed by atoms with van der Waals surface area (Å²) in [5, 5.41) is 3.26. The molecule has 0 atom stereocenters. The zero-order valence-electron chi connectivity index (χ0n) is 5.25. The highest BCUT2D eigenvalue weighted by atomic mass is 127. The van der Waals surface area contributed by atoms with Crippen LogP contribution in [0.2, 0.25) is 0 Å². The van der Waals surface area contributed by atoms with Gasteiger partial charge in [-0.05, 0) is 0 Å². The Morgan fingerprint density at radius 2 is 2.33 bits per heavy atom. The zero-order valence-corrected chi connectivity index (χ0v) is 8.40. The monoisotopic (exact) mass is 263 g/mol. The molecule has 56 valence electrons. The Kier molecular flexibility index (Phi) is 10.8. The molecule has 0 aromatic carbocycles. The SMILES string of the molecule is COC(=NN)NSC.I. The van der Waals surface area contributed by atoms with Crippen LogP contribution in [0, 0.1) is 0 Å². The Balaban J connectivity index is 0. The van der Waals surface area contributed by atoms with E-state index in [9.17, 15) is 0 Å². The molecule has 0 aliphatic heterocycles. The fourth-order valence-electron chi connectivity index (χ4n) is 0.208. The maximum atomic E-state index is 4.86. The first-order valence-corrected chi connectivity index (χ1v) is 3.18. The molecule has 0 aromatic heterocycles. The first-order chi connectivity index (χ1) is 3.85. The number of hydrogen-bond acceptors (Lipinski definition) is 4. The van der Waals surface area contributed by atoms with Crippen molar-refractivity contribution in [3.8, 4) is 0 Å². The lowest BCUT2D eigenvalue weighted by atomic mass is 11.2. The molecular weight excluding hydrogens is 253 g/mol. The number of halogens is 1. The lowest BCUT2D eigenvalue weighted by Crippen LogP contribution is -2.18. The summed E-state index contributed by atoms with van der Waals surface area (Å²) in [6.07, 6.45) is 1.85. The Labute approximate surface area is 75.7 Å². The molecule has 0 saturated heterocycles. The minimum atomic E-state index is 0. The highest BCUT2D eigenvalue weighted by molar-refractivity contribution is 14.0. The summed E-state index contributed by atoms with van der Waals surface area (Å²) in [5.74, 6) is 4.86. The predicted octanol–water partition coefficient (Wildman–Crippen LogP) is 0.348. The van der Waals surface area contributed by atoms with Crippen molar-refractivity contribution < 1.29 is 4.74 Å². The number of methoxy groups -OCH3 is 1. The van der Waals surface area contributed by atoms with Crippen molar-refractivity contribution in [1.82, 2.24) is 4.72 Å². The fourth-order valence-corrected chi connectivity index (χ4v) is 0.519. The van der Waals surface area contributed by atoms with Crippen LogP contribution in [-0.2, 0) is 4.74 Å². The van der Waals surface area contributed by atoms with Gasteiger partial charge >= 0.3 is 6.02 Å². The minimum Gasteiger partial charge on any atom is -0.467 e. The van der Waals surface area contributed by atoms with Gasteiger partial charge in [-0.15, -0.1) is 29.1 Å². The van der Waals surface area contributed by atoms with Gasteiger partial charge in [0.1, 0.15) is 0 Å². The zero-order chi connectivity index (χ0) is 6.41. The van der Waals surface area contributed by atoms with Crippen LogP contribution in [0.25, 0.3) is 0 Å². The smallest absolute Gasteiger partial charge is 0.316 e. The highest BCUT2D eigenvalue weighted by Gasteiger charge is 1.89. The maximum absolute atomic E-state index is 4.86. The predicted molar refractivity (Wildman–Crippen MR) is 50.7 cm³/mol. The molecule has 0 rings (SSSR count). The van der Waals surface area contributed by atoms with Crippen LogP contribution in [0.15, 0.2) is 5.10 Å². The van der Waals surface area contributed by atoms with E-state index >= 15 is 0 Å². The standard InChI is InChI=1S/C3H9N3OS.HI/c1-7-3(5-4)6-8-2;/h4H2,1-2H3,(H,5,6);1H. The Bertz CT molecular complexity index is 89.1. The average molecular weight is 263 g/mol. The van der Waals surface area contributed by atoms with Gasteiger partial charge in [-0.1, -0.05) is 11.9 Å². The average Bonchev–Trinajstić information content (AvgIpc) is 1.83. The molecule has 6 heteroatoms. The summed E-state index contributed by atoms with van der Waals surface area (Å²) in [6, 6.07) is 0.331. The van der Waals surface area contributed by atoms with Gasteiger partial charge in [-0.2, -0.15) is 0 Å². The largest absolute Gasteiger partial charge is 0.467 e. The van der Waals surface area contributed by atoms with Crippen LogP contribution in [0.3, 0.4) is 0 Å². The number of ether oxygens (including phenoxy) is 1. The molecule has 0 heterocycles. The molecule has 0 radical (unpaired) electrons. The van der Waals surface area contributed by atoms with Crippen LogP contribution in [-0.4, -0.2) is 19.4 Å². The summed E-state index contributed by atoms with van der Waals surface area (Å²) < 4.78 is 7.33. The molecule has 0 unspecified atom stereocenters. The number of rotatable bonds is 1. The number of nitrogens with two attached hydrogens (primary N) is 1. The molecule has 0 saturated carbocycles. The second-order valence-corrected chi connectivity index (χ2v) is 1.56. The van der Waals surface area contributed by atoms with E-state index in [0.717, 1.165) is 0 Å². The summed E-state index contributed by atoms with van der Waals surface area (Å²) in [5.41, 5.74) is 0. The van der Waals surface area contributed by atoms with Gasteiger partial charge in [0.05, 0.1) is 7.11 Å². The van der Waals surface area contributed by atoms with E-state index in [0.29, 0.717) is 6.02 Å². The van der Waals surface area contributed by atoms with Gasteiger partial charge in [-0.3, -0.25) is 4.72 Å². The van der Waals surface area contributed by atoms with Crippen LogP contribution >= 0.6 is 35.9 Å². The third-order valence-corrected chi connectivity index (χ3v) is 0.879. The normalized spacial score (nSPS) is 9.78. The lowest BCUT2D eigenvalue weighted by Gasteiger charge is -2.00. The van der Waals surface area contributed by atoms with Crippen molar-refractivity contribution >= 4 is 41.9 Å². The second kappa shape index (κ2) is 8.15. The van der Waals surface area contributed by atoms with E-state index < -0.39 is 0 Å².